The summed E-state index contributed by atoms with van der Waals surface area (Å²) in [4.78, 5) is 14.1. The van der Waals surface area contributed by atoms with Crippen molar-refractivity contribution in [1.82, 2.24) is 10.2 Å². The van der Waals surface area contributed by atoms with E-state index in [9.17, 15) is 9.90 Å². The summed E-state index contributed by atoms with van der Waals surface area (Å²) in [6, 6.07) is 7.22. The summed E-state index contributed by atoms with van der Waals surface area (Å²) < 4.78 is 0.734. The Labute approximate surface area is 132 Å². The van der Waals surface area contributed by atoms with Gasteiger partial charge in [0.05, 0.1) is 18.2 Å². The minimum atomic E-state index is -0.232. The molecule has 108 valence electrons. The van der Waals surface area contributed by atoms with Crippen molar-refractivity contribution in [2.75, 3.05) is 13.2 Å². The number of likely N-dealkylation sites (tertiary alicyclic amines) is 1. The molecule has 1 saturated heterocycles. The van der Waals surface area contributed by atoms with Gasteiger partial charge in [0.15, 0.2) is 5.11 Å². The number of carbonyl (C=O) groups excluding carboxylic acids is 1. The van der Waals surface area contributed by atoms with E-state index in [4.69, 9.17) is 12.2 Å². The van der Waals surface area contributed by atoms with Gasteiger partial charge in [-0.15, -0.1) is 0 Å². The van der Waals surface area contributed by atoms with E-state index in [0.717, 1.165) is 30.3 Å². The molecular formula is C14H17BrN2O2S. The van der Waals surface area contributed by atoms with Crippen LogP contribution < -0.4 is 5.32 Å². The standard InChI is InChI=1S/C14H17BrN2O2S/c15-12-7-2-1-6-11(12)13(19)16-14(20)17-8-4-3-5-10(17)9-18/h1-2,6-7,10,18H,3-5,8-9H2,(H,16,19,20). The fraction of sp³-hybridized carbons (Fsp3) is 0.429. The minimum Gasteiger partial charge on any atom is -0.394 e. The highest BCUT2D eigenvalue weighted by Gasteiger charge is 2.25. The minimum absolute atomic E-state index is 0.00997. The Kier molecular flexibility index (Phi) is 5.51. The van der Waals surface area contributed by atoms with Crippen LogP contribution in [0.1, 0.15) is 29.6 Å². The van der Waals surface area contributed by atoms with Crippen LogP contribution in [0.25, 0.3) is 0 Å². The van der Waals surface area contributed by atoms with Gasteiger partial charge in [-0.1, -0.05) is 12.1 Å². The van der Waals surface area contributed by atoms with E-state index in [1.54, 1.807) is 12.1 Å². The SMILES string of the molecule is O=C(NC(=S)N1CCCCC1CO)c1ccccc1Br. The van der Waals surface area contributed by atoms with E-state index >= 15 is 0 Å². The van der Waals surface area contributed by atoms with Crippen LogP contribution in [-0.4, -0.2) is 40.2 Å². The zero-order valence-corrected chi connectivity index (χ0v) is 13.4. The lowest BCUT2D eigenvalue weighted by atomic mass is 10.0. The number of nitrogens with one attached hydrogen (secondary N) is 1. The van der Waals surface area contributed by atoms with Crippen LogP contribution in [0.3, 0.4) is 0 Å². The second-order valence-electron chi connectivity index (χ2n) is 4.76. The van der Waals surface area contributed by atoms with Gasteiger partial charge in [-0.3, -0.25) is 10.1 Å². The molecule has 1 atom stereocenters. The third-order valence-corrected chi connectivity index (χ3v) is 4.47. The Hall–Kier alpha value is -0.980. The molecule has 1 unspecified atom stereocenters. The number of amides is 1. The first-order valence-corrected chi connectivity index (χ1v) is 7.81. The molecule has 0 aromatic heterocycles. The molecule has 1 heterocycles. The number of carbonyl (C=O) groups is 1. The number of hydrogen-bond donors (Lipinski definition) is 2. The van der Waals surface area contributed by atoms with Crippen LogP contribution in [0.5, 0.6) is 0 Å². The number of rotatable bonds is 2. The molecule has 0 radical (unpaired) electrons. The maximum Gasteiger partial charge on any atom is 0.258 e. The van der Waals surface area contributed by atoms with Crippen LogP contribution in [0.15, 0.2) is 28.7 Å². The topological polar surface area (TPSA) is 52.6 Å². The number of aliphatic hydroxyl groups excluding tert-OH is 1. The summed E-state index contributed by atoms with van der Waals surface area (Å²) in [6.07, 6.45) is 3.02. The van der Waals surface area contributed by atoms with Gasteiger partial charge in [0.2, 0.25) is 0 Å². The van der Waals surface area contributed by atoms with Gasteiger partial charge < -0.3 is 10.0 Å². The summed E-state index contributed by atoms with van der Waals surface area (Å²) in [5, 5.41) is 12.5. The van der Waals surface area contributed by atoms with E-state index in [2.05, 4.69) is 21.2 Å². The number of aliphatic hydroxyl groups is 1. The van der Waals surface area contributed by atoms with Crippen LogP contribution in [-0.2, 0) is 0 Å². The van der Waals surface area contributed by atoms with Gasteiger partial charge in [0.25, 0.3) is 5.91 Å². The fourth-order valence-electron chi connectivity index (χ4n) is 2.34. The third-order valence-electron chi connectivity index (χ3n) is 3.44. The molecule has 6 heteroatoms. The summed E-state index contributed by atoms with van der Waals surface area (Å²) in [5.74, 6) is -0.232. The van der Waals surface area contributed by atoms with E-state index in [1.807, 2.05) is 17.0 Å². The van der Waals surface area contributed by atoms with Crippen LogP contribution in [0, 0.1) is 0 Å². The first-order chi connectivity index (χ1) is 9.63. The maximum absolute atomic E-state index is 12.2. The second-order valence-corrected chi connectivity index (χ2v) is 6.01. The quantitative estimate of drug-likeness (QED) is 0.798. The van der Waals surface area contributed by atoms with Crippen molar-refractivity contribution in [3.05, 3.63) is 34.3 Å². The summed E-state index contributed by atoms with van der Waals surface area (Å²) in [5.41, 5.74) is 0.549. The summed E-state index contributed by atoms with van der Waals surface area (Å²) in [7, 11) is 0. The van der Waals surface area contributed by atoms with E-state index in [1.165, 1.54) is 0 Å². The molecule has 0 aliphatic carbocycles. The first kappa shape index (κ1) is 15.4. The van der Waals surface area contributed by atoms with Gasteiger partial charge >= 0.3 is 0 Å². The zero-order chi connectivity index (χ0) is 14.5. The number of piperidine rings is 1. The normalized spacial score (nSPS) is 18.7. The van der Waals surface area contributed by atoms with E-state index in [0.29, 0.717) is 10.7 Å². The molecular weight excluding hydrogens is 340 g/mol. The predicted molar refractivity (Wildman–Crippen MR) is 85.6 cm³/mol. The number of thiocarbonyl (C=S) groups is 1. The lowest BCUT2D eigenvalue weighted by Gasteiger charge is -2.36. The average molecular weight is 357 g/mol. The lowest BCUT2D eigenvalue weighted by Crippen LogP contribution is -2.51. The van der Waals surface area contributed by atoms with Crippen molar-refractivity contribution in [2.45, 2.75) is 25.3 Å². The van der Waals surface area contributed by atoms with Gasteiger partial charge in [0, 0.05) is 11.0 Å². The summed E-state index contributed by atoms with van der Waals surface area (Å²) in [6.45, 7) is 0.839. The zero-order valence-electron chi connectivity index (χ0n) is 11.0. The molecule has 2 N–H and O–H groups in total. The van der Waals surface area contributed by atoms with Gasteiger partial charge in [-0.2, -0.15) is 0 Å². The molecule has 2 rings (SSSR count). The number of halogens is 1. The fourth-order valence-corrected chi connectivity index (χ4v) is 3.14. The highest BCUT2D eigenvalue weighted by Crippen LogP contribution is 2.18. The Morgan fingerprint density at radius 3 is 2.90 bits per heavy atom. The smallest absolute Gasteiger partial charge is 0.258 e. The number of nitrogens with zero attached hydrogens (tertiary/aromatic N) is 1. The van der Waals surface area contributed by atoms with Crippen molar-refractivity contribution in [3.8, 4) is 0 Å². The highest BCUT2D eigenvalue weighted by molar-refractivity contribution is 9.10. The van der Waals surface area contributed by atoms with Crippen molar-refractivity contribution >= 4 is 39.2 Å². The molecule has 1 aromatic rings. The van der Waals surface area contributed by atoms with Crippen molar-refractivity contribution in [3.63, 3.8) is 0 Å². The first-order valence-electron chi connectivity index (χ1n) is 6.61. The molecule has 20 heavy (non-hydrogen) atoms. The Bertz CT molecular complexity index is 510. The molecule has 0 spiro atoms. The van der Waals surface area contributed by atoms with Crippen molar-refractivity contribution in [2.24, 2.45) is 0 Å². The molecule has 0 bridgehead atoms. The summed E-state index contributed by atoms with van der Waals surface area (Å²) >= 11 is 8.66. The van der Waals surface area contributed by atoms with Crippen molar-refractivity contribution < 1.29 is 9.90 Å². The Balaban J connectivity index is 2.04. The lowest BCUT2D eigenvalue weighted by molar-refractivity contribution is 0.0961. The monoisotopic (exact) mass is 356 g/mol. The van der Waals surface area contributed by atoms with Gasteiger partial charge in [-0.25, -0.2) is 0 Å². The van der Waals surface area contributed by atoms with Crippen LogP contribution in [0.2, 0.25) is 0 Å². The largest absolute Gasteiger partial charge is 0.394 e. The maximum atomic E-state index is 12.2. The molecule has 4 nitrogen and oxygen atoms in total. The van der Waals surface area contributed by atoms with Gasteiger partial charge in [0.1, 0.15) is 0 Å². The molecule has 1 aliphatic rings. The molecule has 1 aliphatic heterocycles. The number of hydrogen-bond acceptors (Lipinski definition) is 3. The van der Waals surface area contributed by atoms with Gasteiger partial charge in [-0.05, 0) is 59.5 Å². The molecule has 1 aromatic carbocycles. The molecule has 0 saturated carbocycles. The van der Waals surface area contributed by atoms with E-state index in [-0.39, 0.29) is 18.6 Å². The highest BCUT2D eigenvalue weighted by atomic mass is 79.9. The van der Waals surface area contributed by atoms with E-state index < -0.39 is 0 Å². The third kappa shape index (κ3) is 3.56. The van der Waals surface area contributed by atoms with Crippen molar-refractivity contribution in [1.29, 1.82) is 0 Å². The molecule has 1 amide bonds. The molecule has 1 fully saturated rings. The average Bonchev–Trinajstić information content (AvgIpc) is 2.47. The van der Waals surface area contributed by atoms with Crippen LogP contribution in [0.4, 0.5) is 0 Å². The Morgan fingerprint density at radius 2 is 2.20 bits per heavy atom. The van der Waals surface area contributed by atoms with Crippen LogP contribution >= 0.6 is 28.1 Å². The predicted octanol–water partition coefficient (Wildman–Crippen LogP) is 2.31. The number of benzene rings is 1. The Morgan fingerprint density at radius 1 is 1.45 bits per heavy atom. The second kappa shape index (κ2) is 7.15.